The summed E-state index contributed by atoms with van der Waals surface area (Å²) in [5.74, 6) is -0.901. The first kappa shape index (κ1) is 19.3. The van der Waals surface area contributed by atoms with E-state index in [4.69, 9.17) is 10.8 Å². The molecule has 1 aliphatic heterocycles. The lowest BCUT2D eigenvalue weighted by Gasteiger charge is -2.42. The maximum Gasteiger partial charge on any atom is 0.315 e. The van der Waals surface area contributed by atoms with Gasteiger partial charge in [-0.2, -0.15) is 0 Å². The maximum absolute atomic E-state index is 12.2. The topological polar surface area (TPSA) is 104 Å². The molecule has 7 nitrogen and oxygen atoms in total. The smallest absolute Gasteiger partial charge is 0.315 e. The number of nitrogens with two attached hydrogens (primary N) is 1. The van der Waals surface area contributed by atoms with E-state index >= 15 is 0 Å². The number of likely N-dealkylation sites (tertiary alicyclic amines) is 1. The Morgan fingerprint density at radius 1 is 0.960 bits per heavy atom. The van der Waals surface area contributed by atoms with Gasteiger partial charge in [0.25, 0.3) is 0 Å². The van der Waals surface area contributed by atoms with Crippen LogP contribution >= 0.6 is 0 Å². The van der Waals surface area contributed by atoms with Crippen molar-refractivity contribution in [2.24, 2.45) is 5.73 Å². The predicted octanol–water partition coefficient (Wildman–Crippen LogP) is 2.11. The summed E-state index contributed by atoms with van der Waals surface area (Å²) in [4.78, 5) is 38.2. The SMILES string of the molecule is NC(=O)N(C1CCCCC1)C1CCN(C(=O)C/C=C/CC(=O)O)CC1. The highest BCUT2D eigenvalue weighted by molar-refractivity contribution is 5.78. The van der Waals surface area contributed by atoms with Gasteiger partial charge in [0.15, 0.2) is 0 Å². The first-order valence-corrected chi connectivity index (χ1v) is 9.21. The fourth-order valence-electron chi connectivity index (χ4n) is 3.91. The largest absolute Gasteiger partial charge is 0.481 e. The number of carbonyl (C=O) groups is 3. The zero-order valence-electron chi connectivity index (χ0n) is 14.7. The molecule has 2 fully saturated rings. The first-order valence-electron chi connectivity index (χ1n) is 9.21. The van der Waals surface area contributed by atoms with Gasteiger partial charge in [-0.15, -0.1) is 0 Å². The molecule has 0 aromatic rings. The number of carboxylic acids is 1. The predicted molar refractivity (Wildman–Crippen MR) is 93.9 cm³/mol. The average molecular weight is 351 g/mol. The Hall–Kier alpha value is -2.05. The quantitative estimate of drug-likeness (QED) is 0.715. The van der Waals surface area contributed by atoms with Crippen LogP contribution in [-0.4, -0.2) is 58.0 Å². The van der Waals surface area contributed by atoms with E-state index in [-0.39, 0.29) is 36.9 Å². The number of nitrogens with zero attached hydrogens (tertiary/aromatic N) is 2. The fraction of sp³-hybridized carbons (Fsp3) is 0.722. The monoisotopic (exact) mass is 351 g/mol. The second-order valence-electron chi connectivity index (χ2n) is 6.92. The highest BCUT2D eigenvalue weighted by atomic mass is 16.4. The zero-order valence-corrected chi connectivity index (χ0v) is 14.7. The van der Waals surface area contributed by atoms with Gasteiger partial charge in [-0.25, -0.2) is 4.79 Å². The van der Waals surface area contributed by atoms with Crippen LogP contribution in [0.1, 0.15) is 57.8 Å². The fourth-order valence-corrected chi connectivity index (χ4v) is 3.91. The molecule has 3 N–H and O–H groups in total. The van der Waals surface area contributed by atoms with Crippen LogP contribution in [0.15, 0.2) is 12.2 Å². The Kier molecular flexibility index (Phi) is 7.28. The summed E-state index contributed by atoms with van der Waals surface area (Å²) >= 11 is 0. The highest BCUT2D eigenvalue weighted by Crippen LogP contribution is 2.27. The molecular formula is C18H29N3O4. The Morgan fingerprint density at radius 3 is 2.08 bits per heavy atom. The molecule has 1 saturated heterocycles. The number of hydrogen-bond donors (Lipinski definition) is 2. The van der Waals surface area contributed by atoms with E-state index in [2.05, 4.69) is 0 Å². The number of amides is 3. The molecule has 25 heavy (non-hydrogen) atoms. The van der Waals surface area contributed by atoms with Crippen molar-refractivity contribution in [1.82, 2.24) is 9.80 Å². The van der Waals surface area contributed by atoms with E-state index in [0.717, 1.165) is 38.5 Å². The van der Waals surface area contributed by atoms with Crippen molar-refractivity contribution in [3.05, 3.63) is 12.2 Å². The van der Waals surface area contributed by atoms with E-state index < -0.39 is 5.97 Å². The van der Waals surface area contributed by atoms with Crippen LogP contribution in [0, 0.1) is 0 Å². The highest BCUT2D eigenvalue weighted by Gasteiger charge is 2.33. The molecule has 0 atom stereocenters. The van der Waals surface area contributed by atoms with Crippen molar-refractivity contribution in [1.29, 1.82) is 0 Å². The minimum Gasteiger partial charge on any atom is -0.481 e. The van der Waals surface area contributed by atoms with Crippen molar-refractivity contribution >= 4 is 17.9 Å². The van der Waals surface area contributed by atoms with E-state index in [1.54, 1.807) is 11.0 Å². The summed E-state index contributed by atoms with van der Waals surface area (Å²) in [7, 11) is 0. The Labute approximate surface area is 148 Å². The summed E-state index contributed by atoms with van der Waals surface area (Å²) in [6, 6.07) is 0.0259. The van der Waals surface area contributed by atoms with Crippen LogP contribution in [0.25, 0.3) is 0 Å². The van der Waals surface area contributed by atoms with Gasteiger partial charge < -0.3 is 20.6 Å². The number of primary amides is 1. The molecule has 3 amide bonds. The second kappa shape index (κ2) is 9.44. The standard InChI is InChI=1S/C18H29N3O4/c19-18(25)21(14-6-2-1-3-7-14)15-10-12-20(13-11-15)16(22)8-4-5-9-17(23)24/h4-5,14-15H,1-3,6-13H2,(H2,19,25)(H,23,24)/b5-4+. The van der Waals surface area contributed by atoms with E-state index in [1.165, 1.54) is 12.5 Å². The number of carbonyl (C=O) groups excluding carboxylic acids is 2. The molecule has 140 valence electrons. The van der Waals surface area contributed by atoms with Crippen LogP contribution in [0.2, 0.25) is 0 Å². The summed E-state index contributed by atoms with van der Waals surface area (Å²) in [6.07, 6.45) is 10.4. The molecule has 1 aliphatic carbocycles. The van der Waals surface area contributed by atoms with E-state index in [1.807, 2.05) is 4.90 Å². The molecule has 2 aliphatic rings. The van der Waals surface area contributed by atoms with Gasteiger partial charge in [0.1, 0.15) is 0 Å². The van der Waals surface area contributed by atoms with Crippen LogP contribution in [0.3, 0.4) is 0 Å². The summed E-state index contributed by atoms with van der Waals surface area (Å²) in [5, 5.41) is 8.57. The van der Waals surface area contributed by atoms with Crippen molar-refractivity contribution in [3.63, 3.8) is 0 Å². The van der Waals surface area contributed by atoms with Crippen LogP contribution in [0.4, 0.5) is 4.79 Å². The summed E-state index contributed by atoms with van der Waals surface area (Å²) < 4.78 is 0. The lowest BCUT2D eigenvalue weighted by molar-refractivity contribution is -0.136. The van der Waals surface area contributed by atoms with Crippen LogP contribution in [-0.2, 0) is 9.59 Å². The zero-order chi connectivity index (χ0) is 18.2. The Balaban J connectivity index is 1.82. The van der Waals surface area contributed by atoms with Crippen LogP contribution < -0.4 is 5.73 Å². The van der Waals surface area contributed by atoms with E-state index in [0.29, 0.717) is 13.1 Å². The van der Waals surface area contributed by atoms with Gasteiger partial charge >= 0.3 is 12.0 Å². The molecular weight excluding hydrogens is 322 g/mol. The van der Waals surface area contributed by atoms with Gasteiger partial charge in [0.05, 0.1) is 6.42 Å². The molecule has 0 aromatic carbocycles. The molecule has 7 heteroatoms. The lowest BCUT2D eigenvalue weighted by Crippen LogP contribution is -2.54. The number of urea groups is 1. The molecule has 0 aromatic heterocycles. The minimum absolute atomic E-state index is 0.00313. The molecule has 0 bridgehead atoms. The normalized spacial score (nSPS) is 19.9. The van der Waals surface area contributed by atoms with Crippen molar-refractivity contribution in [2.75, 3.05) is 13.1 Å². The van der Waals surface area contributed by atoms with Crippen LogP contribution in [0.5, 0.6) is 0 Å². The molecule has 2 rings (SSSR count). The third-order valence-corrected chi connectivity index (χ3v) is 5.18. The molecule has 0 spiro atoms. The van der Waals surface area contributed by atoms with Gasteiger partial charge in [-0.05, 0) is 25.7 Å². The van der Waals surface area contributed by atoms with Crippen molar-refractivity contribution in [3.8, 4) is 0 Å². The third-order valence-electron chi connectivity index (χ3n) is 5.18. The number of aliphatic carboxylic acids is 1. The number of hydrogen-bond acceptors (Lipinski definition) is 3. The number of piperidine rings is 1. The molecule has 0 unspecified atom stereocenters. The number of rotatable bonds is 6. The Bertz CT molecular complexity index is 506. The average Bonchev–Trinajstić information content (AvgIpc) is 2.60. The minimum atomic E-state index is -0.904. The number of carboxylic acid groups (broad SMARTS) is 1. The van der Waals surface area contributed by atoms with Gasteiger partial charge in [0, 0.05) is 31.6 Å². The second-order valence-corrected chi connectivity index (χ2v) is 6.92. The maximum atomic E-state index is 12.2. The molecule has 1 heterocycles. The van der Waals surface area contributed by atoms with Gasteiger partial charge in [0.2, 0.25) is 5.91 Å². The van der Waals surface area contributed by atoms with Gasteiger partial charge in [-0.1, -0.05) is 31.4 Å². The van der Waals surface area contributed by atoms with E-state index in [9.17, 15) is 14.4 Å². The van der Waals surface area contributed by atoms with Gasteiger partial charge in [-0.3, -0.25) is 9.59 Å². The third kappa shape index (κ3) is 5.76. The summed E-state index contributed by atoms with van der Waals surface area (Å²) in [5.41, 5.74) is 5.65. The first-order chi connectivity index (χ1) is 12.0. The van der Waals surface area contributed by atoms with Crippen molar-refractivity contribution in [2.45, 2.75) is 69.9 Å². The Morgan fingerprint density at radius 2 is 1.52 bits per heavy atom. The van der Waals surface area contributed by atoms with Crippen molar-refractivity contribution < 1.29 is 19.5 Å². The molecule has 1 saturated carbocycles. The lowest BCUT2D eigenvalue weighted by atomic mass is 9.91. The molecule has 0 radical (unpaired) electrons. The summed E-state index contributed by atoms with van der Waals surface area (Å²) in [6.45, 7) is 1.24.